The van der Waals surface area contributed by atoms with E-state index in [9.17, 15) is 5.11 Å². The van der Waals surface area contributed by atoms with E-state index in [1.54, 1.807) is 0 Å². The Labute approximate surface area is 130 Å². The maximum atomic E-state index is 10.7. The third-order valence-corrected chi connectivity index (χ3v) is 5.19. The number of ether oxygens (including phenoxy) is 1. The highest BCUT2D eigenvalue weighted by Crippen LogP contribution is 2.29. The number of β-amino-alcohol motifs (C(OH)–C–C–N with tert-alkyl or cyclic N) is 1. The molecule has 2 fully saturated rings. The Morgan fingerprint density at radius 3 is 2.57 bits per heavy atom. The van der Waals surface area contributed by atoms with Gasteiger partial charge in [-0.15, -0.1) is 0 Å². The highest BCUT2D eigenvalue weighted by molar-refractivity contribution is 4.89. The van der Waals surface area contributed by atoms with E-state index >= 15 is 0 Å². The van der Waals surface area contributed by atoms with Crippen LogP contribution in [0, 0.1) is 0 Å². The van der Waals surface area contributed by atoms with Crippen LogP contribution < -0.4 is 0 Å². The van der Waals surface area contributed by atoms with Crippen LogP contribution in [0.3, 0.4) is 0 Å². The molecule has 0 aromatic carbocycles. The van der Waals surface area contributed by atoms with Gasteiger partial charge in [0.05, 0.1) is 12.2 Å². The van der Waals surface area contributed by atoms with Crippen LogP contribution in [0.5, 0.6) is 0 Å². The van der Waals surface area contributed by atoms with E-state index in [0.717, 1.165) is 58.8 Å². The molecule has 124 valence electrons. The van der Waals surface area contributed by atoms with Gasteiger partial charge in [0, 0.05) is 45.4 Å². The topological polar surface area (TPSA) is 35.9 Å². The average molecular weight is 298 g/mol. The van der Waals surface area contributed by atoms with Crippen LogP contribution in [0.15, 0.2) is 0 Å². The van der Waals surface area contributed by atoms with Gasteiger partial charge in [-0.1, -0.05) is 26.2 Å². The van der Waals surface area contributed by atoms with E-state index in [1.807, 2.05) is 0 Å². The molecule has 0 unspecified atom stereocenters. The van der Waals surface area contributed by atoms with E-state index in [-0.39, 0.29) is 0 Å². The molecule has 1 atom stereocenters. The smallest absolute Gasteiger partial charge is 0.0774 e. The largest absolute Gasteiger partial charge is 0.389 e. The Kier molecular flexibility index (Phi) is 6.93. The number of hydrogen-bond acceptors (Lipinski definition) is 4. The molecule has 0 aromatic rings. The number of nitrogens with zero attached hydrogens (tertiary/aromatic N) is 2. The van der Waals surface area contributed by atoms with Gasteiger partial charge < -0.3 is 9.84 Å². The highest BCUT2D eigenvalue weighted by atomic mass is 16.5. The molecule has 1 N–H and O–H groups in total. The molecule has 0 radical (unpaired) electrons. The Bertz CT molecular complexity index is 293. The predicted octanol–water partition coefficient (Wildman–Crippen LogP) is 2.11. The zero-order valence-corrected chi connectivity index (χ0v) is 14.0. The summed E-state index contributed by atoms with van der Waals surface area (Å²) in [5.41, 5.74) is -0.413. The molecule has 0 spiro atoms. The zero-order valence-electron chi connectivity index (χ0n) is 14.0. The van der Waals surface area contributed by atoms with E-state index in [4.69, 9.17) is 4.74 Å². The summed E-state index contributed by atoms with van der Waals surface area (Å²) in [6.45, 7) is 11.2. The Balaban J connectivity index is 1.79. The number of aliphatic hydroxyl groups is 1. The lowest BCUT2D eigenvalue weighted by Crippen LogP contribution is -2.57. The second-order valence-electron chi connectivity index (χ2n) is 6.82. The van der Waals surface area contributed by atoms with E-state index in [0.29, 0.717) is 6.04 Å². The van der Waals surface area contributed by atoms with Crippen molar-refractivity contribution < 1.29 is 9.84 Å². The fourth-order valence-electron chi connectivity index (χ4n) is 3.89. The molecule has 1 aliphatic carbocycles. The van der Waals surface area contributed by atoms with Crippen LogP contribution in [-0.2, 0) is 4.74 Å². The Morgan fingerprint density at radius 1 is 1.14 bits per heavy atom. The number of hydrogen-bond donors (Lipinski definition) is 1. The molecule has 4 heteroatoms. The third-order valence-electron chi connectivity index (χ3n) is 5.19. The summed E-state index contributed by atoms with van der Waals surface area (Å²) in [4.78, 5) is 5.06. The average Bonchev–Trinajstić information content (AvgIpc) is 2.49. The fraction of sp³-hybridized carbons (Fsp3) is 1.00. The SMILES string of the molecule is CCOCCN1CCN(CC2(O)CCCCC2)C[C@H]1CC. The molecule has 0 bridgehead atoms. The van der Waals surface area contributed by atoms with Gasteiger partial charge in [-0.3, -0.25) is 9.80 Å². The second kappa shape index (κ2) is 8.47. The molecule has 1 saturated carbocycles. The van der Waals surface area contributed by atoms with Gasteiger partial charge in [-0.05, 0) is 26.2 Å². The maximum absolute atomic E-state index is 10.7. The van der Waals surface area contributed by atoms with Crippen LogP contribution in [0.2, 0.25) is 0 Å². The van der Waals surface area contributed by atoms with Gasteiger partial charge >= 0.3 is 0 Å². The zero-order chi connectivity index (χ0) is 15.1. The molecule has 0 amide bonds. The quantitative estimate of drug-likeness (QED) is 0.730. The van der Waals surface area contributed by atoms with Crippen LogP contribution in [0.25, 0.3) is 0 Å². The maximum Gasteiger partial charge on any atom is 0.0774 e. The standard InChI is InChI=1S/C17H34N2O2/c1-3-16-14-18(10-11-19(16)12-13-21-4-2)15-17(20)8-6-5-7-9-17/h16,20H,3-15H2,1-2H3/t16-/m1/s1. The van der Waals surface area contributed by atoms with Crippen molar-refractivity contribution in [3.8, 4) is 0 Å². The van der Waals surface area contributed by atoms with Crippen molar-refractivity contribution in [2.75, 3.05) is 45.9 Å². The molecule has 4 nitrogen and oxygen atoms in total. The Morgan fingerprint density at radius 2 is 1.90 bits per heavy atom. The first-order valence-electron chi connectivity index (χ1n) is 8.93. The van der Waals surface area contributed by atoms with Gasteiger partial charge in [0.2, 0.25) is 0 Å². The van der Waals surface area contributed by atoms with Crippen molar-refractivity contribution in [1.29, 1.82) is 0 Å². The minimum Gasteiger partial charge on any atom is -0.389 e. The van der Waals surface area contributed by atoms with Gasteiger partial charge in [0.15, 0.2) is 0 Å². The second-order valence-corrected chi connectivity index (χ2v) is 6.82. The first kappa shape index (κ1) is 17.2. The van der Waals surface area contributed by atoms with Gasteiger partial charge in [-0.25, -0.2) is 0 Å². The fourth-order valence-corrected chi connectivity index (χ4v) is 3.89. The lowest BCUT2D eigenvalue weighted by Gasteiger charge is -2.44. The first-order chi connectivity index (χ1) is 10.2. The highest BCUT2D eigenvalue weighted by Gasteiger charge is 2.34. The van der Waals surface area contributed by atoms with Gasteiger partial charge in [0.25, 0.3) is 0 Å². The lowest BCUT2D eigenvalue weighted by atomic mass is 9.84. The molecule has 0 aromatic heterocycles. The van der Waals surface area contributed by atoms with E-state index < -0.39 is 5.60 Å². The van der Waals surface area contributed by atoms with Crippen LogP contribution in [0.4, 0.5) is 0 Å². The molecule has 1 heterocycles. The summed E-state index contributed by atoms with van der Waals surface area (Å²) in [6.07, 6.45) is 6.86. The number of piperazine rings is 1. The van der Waals surface area contributed by atoms with E-state index in [2.05, 4.69) is 23.6 Å². The minimum atomic E-state index is -0.413. The molecule has 1 aliphatic heterocycles. The molecular formula is C17H34N2O2. The predicted molar refractivity (Wildman–Crippen MR) is 86.6 cm³/mol. The van der Waals surface area contributed by atoms with Crippen molar-refractivity contribution in [2.45, 2.75) is 64.0 Å². The summed E-state index contributed by atoms with van der Waals surface area (Å²) in [6, 6.07) is 0.617. The third kappa shape index (κ3) is 5.20. The molecule has 2 rings (SSSR count). The van der Waals surface area contributed by atoms with Crippen molar-refractivity contribution in [2.24, 2.45) is 0 Å². The van der Waals surface area contributed by atoms with Crippen molar-refractivity contribution in [3.63, 3.8) is 0 Å². The monoisotopic (exact) mass is 298 g/mol. The van der Waals surface area contributed by atoms with Gasteiger partial charge in [-0.2, -0.15) is 0 Å². The summed E-state index contributed by atoms with van der Waals surface area (Å²) in [5.74, 6) is 0. The molecule has 1 saturated heterocycles. The van der Waals surface area contributed by atoms with Crippen molar-refractivity contribution in [1.82, 2.24) is 9.80 Å². The van der Waals surface area contributed by atoms with Crippen molar-refractivity contribution in [3.05, 3.63) is 0 Å². The Hall–Kier alpha value is -0.160. The van der Waals surface area contributed by atoms with Crippen LogP contribution >= 0.6 is 0 Å². The molecule has 21 heavy (non-hydrogen) atoms. The summed E-state index contributed by atoms with van der Waals surface area (Å²) in [7, 11) is 0. The van der Waals surface area contributed by atoms with Crippen LogP contribution in [-0.4, -0.2) is 72.5 Å². The van der Waals surface area contributed by atoms with Crippen molar-refractivity contribution >= 4 is 0 Å². The van der Waals surface area contributed by atoms with Crippen LogP contribution in [0.1, 0.15) is 52.4 Å². The molecular weight excluding hydrogens is 264 g/mol. The number of rotatable bonds is 7. The lowest BCUT2D eigenvalue weighted by molar-refractivity contribution is -0.0465. The summed E-state index contributed by atoms with van der Waals surface area (Å²) >= 11 is 0. The summed E-state index contributed by atoms with van der Waals surface area (Å²) < 4.78 is 5.50. The van der Waals surface area contributed by atoms with E-state index in [1.165, 1.54) is 25.7 Å². The normalized spacial score (nSPS) is 27.9. The molecule has 2 aliphatic rings. The first-order valence-corrected chi connectivity index (χ1v) is 8.93. The van der Waals surface area contributed by atoms with Gasteiger partial charge in [0.1, 0.15) is 0 Å². The minimum absolute atomic E-state index is 0.413. The summed E-state index contributed by atoms with van der Waals surface area (Å²) in [5, 5.41) is 10.7.